The van der Waals surface area contributed by atoms with Crippen molar-refractivity contribution in [2.24, 2.45) is 11.5 Å². The first-order chi connectivity index (χ1) is 4.20. The molecule has 0 spiro atoms. The SMILES string of the molecule is N[C@@H](CO)C[C@@H](N)CO. The lowest BCUT2D eigenvalue weighted by atomic mass is 10.1. The second-order valence-corrected chi connectivity index (χ2v) is 2.12. The van der Waals surface area contributed by atoms with Crippen LogP contribution in [-0.2, 0) is 0 Å². The number of hydrogen-bond acceptors (Lipinski definition) is 4. The topological polar surface area (TPSA) is 92.5 Å². The van der Waals surface area contributed by atoms with Gasteiger partial charge in [-0.05, 0) is 6.42 Å². The first-order valence-electron chi connectivity index (χ1n) is 2.93. The van der Waals surface area contributed by atoms with E-state index in [0.29, 0.717) is 6.42 Å². The van der Waals surface area contributed by atoms with Gasteiger partial charge in [0.15, 0.2) is 0 Å². The molecule has 0 fully saturated rings. The average Bonchev–Trinajstić information content (AvgIpc) is 1.87. The Labute approximate surface area is 54.5 Å². The third-order valence-corrected chi connectivity index (χ3v) is 1.07. The van der Waals surface area contributed by atoms with Crippen molar-refractivity contribution in [1.82, 2.24) is 0 Å². The highest BCUT2D eigenvalue weighted by Crippen LogP contribution is 1.90. The molecule has 0 bridgehead atoms. The molecule has 0 rings (SSSR count). The fourth-order valence-electron chi connectivity index (χ4n) is 0.538. The van der Waals surface area contributed by atoms with Crippen LogP contribution in [0.4, 0.5) is 0 Å². The predicted octanol–water partition coefficient (Wildman–Crippen LogP) is -1.98. The molecule has 0 aliphatic rings. The molecule has 9 heavy (non-hydrogen) atoms. The number of aliphatic hydroxyl groups is 2. The van der Waals surface area contributed by atoms with Gasteiger partial charge in [0.05, 0.1) is 13.2 Å². The zero-order valence-electron chi connectivity index (χ0n) is 5.33. The minimum absolute atomic E-state index is 0.0757. The third-order valence-electron chi connectivity index (χ3n) is 1.07. The quantitative estimate of drug-likeness (QED) is 0.358. The van der Waals surface area contributed by atoms with Gasteiger partial charge in [0.1, 0.15) is 0 Å². The fraction of sp³-hybridized carbons (Fsp3) is 1.00. The van der Waals surface area contributed by atoms with Crippen molar-refractivity contribution in [1.29, 1.82) is 0 Å². The van der Waals surface area contributed by atoms with Crippen LogP contribution in [-0.4, -0.2) is 35.5 Å². The summed E-state index contributed by atoms with van der Waals surface area (Å²) in [5.41, 5.74) is 10.6. The molecule has 0 aliphatic carbocycles. The van der Waals surface area contributed by atoms with E-state index in [0.717, 1.165) is 0 Å². The highest BCUT2D eigenvalue weighted by Gasteiger charge is 2.05. The monoisotopic (exact) mass is 134 g/mol. The van der Waals surface area contributed by atoms with Crippen LogP contribution in [0, 0.1) is 0 Å². The van der Waals surface area contributed by atoms with E-state index in [1.165, 1.54) is 0 Å². The molecule has 0 aromatic rings. The minimum atomic E-state index is -0.299. The summed E-state index contributed by atoms with van der Waals surface area (Å²) >= 11 is 0. The molecule has 6 N–H and O–H groups in total. The maximum atomic E-state index is 8.42. The zero-order chi connectivity index (χ0) is 7.28. The van der Waals surface area contributed by atoms with E-state index in [1.54, 1.807) is 0 Å². The molecule has 0 heterocycles. The molecule has 56 valence electrons. The van der Waals surface area contributed by atoms with Gasteiger partial charge in [0.2, 0.25) is 0 Å². The highest BCUT2D eigenvalue weighted by molar-refractivity contribution is 4.68. The van der Waals surface area contributed by atoms with Crippen molar-refractivity contribution in [3.8, 4) is 0 Å². The first kappa shape index (κ1) is 8.84. The molecule has 2 atom stereocenters. The van der Waals surface area contributed by atoms with Gasteiger partial charge in [-0.15, -0.1) is 0 Å². The van der Waals surface area contributed by atoms with E-state index in [9.17, 15) is 0 Å². The van der Waals surface area contributed by atoms with Gasteiger partial charge < -0.3 is 21.7 Å². The van der Waals surface area contributed by atoms with Crippen molar-refractivity contribution in [2.75, 3.05) is 13.2 Å². The van der Waals surface area contributed by atoms with Crippen LogP contribution in [0.1, 0.15) is 6.42 Å². The number of hydrogen-bond donors (Lipinski definition) is 4. The lowest BCUT2D eigenvalue weighted by Gasteiger charge is -2.11. The van der Waals surface area contributed by atoms with Crippen LogP contribution in [0.15, 0.2) is 0 Å². The molecular weight excluding hydrogens is 120 g/mol. The number of rotatable bonds is 4. The Balaban J connectivity index is 3.22. The average molecular weight is 134 g/mol. The van der Waals surface area contributed by atoms with E-state index in [4.69, 9.17) is 21.7 Å². The first-order valence-corrected chi connectivity index (χ1v) is 2.93. The number of nitrogens with two attached hydrogens (primary N) is 2. The number of aliphatic hydroxyl groups excluding tert-OH is 2. The smallest absolute Gasteiger partial charge is 0.0583 e. The van der Waals surface area contributed by atoms with E-state index in [-0.39, 0.29) is 25.3 Å². The van der Waals surface area contributed by atoms with Crippen LogP contribution in [0.25, 0.3) is 0 Å². The van der Waals surface area contributed by atoms with Crippen molar-refractivity contribution in [3.05, 3.63) is 0 Å². The molecule has 0 amide bonds. The van der Waals surface area contributed by atoms with Gasteiger partial charge in [0, 0.05) is 12.1 Å². The third kappa shape index (κ3) is 4.35. The van der Waals surface area contributed by atoms with E-state index in [2.05, 4.69) is 0 Å². The molecule has 0 saturated carbocycles. The van der Waals surface area contributed by atoms with E-state index in [1.807, 2.05) is 0 Å². The Kier molecular flexibility index (Phi) is 4.61. The molecule has 0 radical (unpaired) electrons. The van der Waals surface area contributed by atoms with Crippen molar-refractivity contribution in [2.45, 2.75) is 18.5 Å². The van der Waals surface area contributed by atoms with Crippen molar-refractivity contribution < 1.29 is 10.2 Å². The second kappa shape index (κ2) is 4.69. The molecule has 0 aromatic carbocycles. The van der Waals surface area contributed by atoms with Gasteiger partial charge in [-0.2, -0.15) is 0 Å². The van der Waals surface area contributed by atoms with Gasteiger partial charge in [-0.3, -0.25) is 0 Å². The summed E-state index contributed by atoms with van der Waals surface area (Å²) in [6.07, 6.45) is 0.465. The Morgan fingerprint density at radius 2 is 1.33 bits per heavy atom. The Hall–Kier alpha value is -0.160. The van der Waals surface area contributed by atoms with Crippen LogP contribution in [0.5, 0.6) is 0 Å². The van der Waals surface area contributed by atoms with Crippen LogP contribution >= 0.6 is 0 Å². The lowest BCUT2D eigenvalue weighted by Crippen LogP contribution is -2.35. The largest absolute Gasteiger partial charge is 0.395 e. The van der Waals surface area contributed by atoms with Crippen molar-refractivity contribution >= 4 is 0 Å². The fourth-order valence-corrected chi connectivity index (χ4v) is 0.538. The van der Waals surface area contributed by atoms with Crippen LogP contribution in [0.2, 0.25) is 0 Å². The molecule has 0 aromatic heterocycles. The van der Waals surface area contributed by atoms with E-state index < -0.39 is 0 Å². The van der Waals surface area contributed by atoms with Crippen LogP contribution in [0.3, 0.4) is 0 Å². The second-order valence-electron chi connectivity index (χ2n) is 2.12. The summed E-state index contributed by atoms with van der Waals surface area (Å²) in [5, 5.41) is 16.8. The summed E-state index contributed by atoms with van der Waals surface area (Å²) in [5.74, 6) is 0. The molecule has 0 aliphatic heterocycles. The molecule has 0 saturated heterocycles. The molecular formula is C5H14N2O2. The summed E-state index contributed by atoms with van der Waals surface area (Å²) < 4.78 is 0. The normalized spacial score (nSPS) is 17.3. The van der Waals surface area contributed by atoms with Gasteiger partial charge >= 0.3 is 0 Å². The molecule has 0 unspecified atom stereocenters. The molecule has 4 heteroatoms. The maximum Gasteiger partial charge on any atom is 0.0583 e. The highest BCUT2D eigenvalue weighted by atomic mass is 16.3. The summed E-state index contributed by atoms with van der Waals surface area (Å²) in [6, 6.07) is -0.598. The summed E-state index contributed by atoms with van der Waals surface area (Å²) in [6.45, 7) is -0.151. The van der Waals surface area contributed by atoms with E-state index >= 15 is 0 Å². The summed E-state index contributed by atoms with van der Waals surface area (Å²) in [7, 11) is 0. The van der Waals surface area contributed by atoms with Crippen LogP contribution < -0.4 is 11.5 Å². The molecule has 4 nitrogen and oxygen atoms in total. The Morgan fingerprint density at radius 1 is 1.00 bits per heavy atom. The zero-order valence-corrected chi connectivity index (χ0v) is 5.33. The van der Waals surface area contributed by atoms with Gasteiger partial charge in [-0.1, -0.05) is 0 Å². The minimum Gasteiger partial charge on any atom is -0.395 e. The Morgan fingerprint density at radius 3 is 1.56 bits per heavy atom. The van der Waals surface area contributed by atoms with Gasteiger partial charge in [0.25, 0.3) is 0 Å². The maximum absolute atomic E-state index is 8.42. The predicted molar refractivity (Wildman–Crippen MR) is 34.7 cm³/mol. The van der Waals surface area contributed by atoms with Gasteiger partial charge in [-0.25, -0.2) is 0 Å². The standard InChI is InChI=1S/C5H14N2O2/c6-4(2-8)1-5(7)3-9/h4-5,8-9H,1-3,6-7H2/t4-,5-/m1/s1. The van der Waals surface area contributed by atoms with Crippen molar-refractivity contribution in [3.63, 3.8) is 0 Å². The summed E-state index contributed by atoms with van der Waals surface area (Å²) in [4.78, 5) is 0. The Bertz CT molecular complexity index is 62.0. The lowest BCUT2D eigenvalue weighted by molar-refractivity contribution is 0.221.